The predicted octanol–water partition coefficient (Wildman–Crippen LogP) is 6.22. The maximum atomic E-state index is 11.8. The lowest BCUT2D eigenvalue weighted by atomic mass is 9.85. The molecular formula is C28H28N2O3S. The molecule has 0 saturated heterocycles. The SMILES string of the molecule is CC#CCOc1cnc2c(c1)[C@H](C)N(SC)c1c-2cc(-c2ccc(C)cc2)c(CC(=O)O)c1C. The summed E-state index contributed by atoms with van der Waals surface area (Å²) in [6.45, 7) is 8.32. The number of fused-ring (bicyclic) bond motifs is 3. The molecule has 0 fully saturated rings. The molecule has 0 bridgehead atoms. The highest BCUT2D eigenvalue weighted by molar-refractivity contribution is 8.00. The summed E-state index contributed by atoms with van der Waals surface area (Å²) in [5.74, 6) is 5.61. The minimum Gasteiger partial charge on any atom is -0.481 e. The Morgan fingerprint density at radius 3 is 2.59 bits per heavy atom. The Hall–Kier alpha value is -3.43. The van der Waals surface area contributed by atoms with E-state index < -0.39 is 5.97 Å². The summed E-state index contributed by atoms with van der Waals surface area (Å²) in [6.07, 6.45) is 3.75. The van der Waals surface area contributed by atoms with Gasteiger partial charge in [0.1, 0.15) is 12.4 Å². The van der Waals surface area contributed by atoms with Crippen molar-refractivity contribution < 1.29 is 14.6 Å². The summed E-state index contributed by atoms with van der Waals surface area (Å²) in [7, 11) is 0. The minimum atomic E-state index is -0.841. The maximum Gasteiger partial charge on any atom is 0.307 e. The van der Waals surface area contributed by atoms with Crippen LogP contribution in [0.3, 0.4) is 0 Å². The van der Waals surface area contributed by atoms with Crippen molar-refractivity contribution in [2.45, 2.75) is 40.2 Å². The van der Waals surface area contributed by atoms with Gasteiger partial charge in [-0.15, -0.1) is 5.92 Å². The average Bonchev–Trinajstić information content (AvgIpc) is 2.82. The number of anilines is 1. The average molecular weight is 473 g/mol. The topological polar surface area (TPSA) is 62.7 Å². The molecule has 2 heterocycles. The third kappa shape index (κ3) is 4.36. The number of ether oxygens (including phenoxy) is 1. The lowest BCUT2D eigenvalue weighted by molar-refractivity contribution is -0.136. The molecule has 0 saturated carbocycles. The Balaban J connectivity index is 1.96. The molecule has 0 aliphatic carbocycles. The van der Waals surface area contributed by atoms with E-state index in [9.17, 15) is 9.90 Å². The fraction of sp³-hybridized carbons (Fsp3) is 0.286. The van der Waals surface area contributed by atoms with Crippen LogP contribution in [0.5, 0.6) is 5.75 Å². The molecule has 1 N–H and O–H groups in total. The van der Waals surface area contributed by atoms with E-state index in [-0.39, 0.29) is 12.5 Å². The molecule has 2 aromatic carbocycles. The Bertz CT molecular complexity index is 1310. The summed E-state index contributed by atoms with van der Waals surface area (Å²) in [6, 6.07) is 12.4. The van der Waals surface area contributed by atoms with Gasteiger partial charge in [0.2, 0.25) is 0 Å². The van der Waals surface area contributed by atoms with Gasteiger partial charge in [0.05, 0.1) is 30.0 Å². The van der Waals surface area contributed by atoms with Gasteiger partial charge in [0, 0.05) is 17.4 Å². The number of aromatic nitrogens is 1. The smallest absolute Gasteiger partial charge is 0.307 e. The van der Waals surface area contributed by atoms with Crippen LogP contribution in [-0.2, 0) is 11.2 Å². The molecule has 1 atom stereocenters. The minimum absolute atomic E-state index is 0.0346. The van der Waals surface area contributed by atoms with Gasteiger partial charge in [0.15, 0.2) is 0 Å². The number of carboxylic acid groups (broad SMARTS) is 1. The third-order valence-electron chi connectivity index (χ3n) is 6.22. The molecule has 1 aliphatic heterocycles. The van der Waals surface area contributed by atoms with Crippen molar-refractivity contribution in [3.63, 3.8) is 0 Å². The molecule has 0 spiro atoms. The van der Waals surface area contributed by atoms with E-state index in [0.29, 0.717) is 12.4 Å². The van der Waals surface area contributed by atoms with Crippen molar-refractivity contribution in [3.8, 4) is 40.0 Å². The zero-order chi connectivity index (χ0) is 24.4. The van der Waals surface area contributed by atoms with E-state index in [1.165, 1.54) is 0 Å². The second kappa shape index (κ2) is 9.82. The Labute approximate surface area is 205 Å². The molecular weight excluding hydrogens is 444 g/mol. The van der Waals surface area contributed by atoms with Gasteiger partial charge in [-0.25, -0.2) is 0 Å². The first kappa shape index (κ1) is 23.7. The van der Waals surface area contributed by atoms with Gasteiger partial charge in [-0.2, -0.15) is 0 Å². The van der Waals surface area contributed by atoms with Crippen molar-refractivity contribution >= 4 is 23.6 Å². The van der Waals surface area contributed by atoms with Crippen LogP contribution in [0.1, 0.15) is 42.1 Å². The molecule has 5 nitrogen and oxygen atoms in total. The van der Waals surface area contributed by atoms with Crippen molar-refractivity contribution in [1.82, 2.24) is 4.98 Å². The number of aryl methyl sites for hydroxylation is 1. The first-order valence-corrected chi connectivity index (χ1v) is 12.3. The van der Waals surface area contributed by atoms with Crippen LogP contribution in [0.2, 0.25) is 0 Å². The van der Waals surface area contributed by atoms with E-state index in [2.05, 4.69) is 53.4 Å². The van der Waals surface area contributed by atoms with Gasteiger partial charge in [0.25, 0.3) is 0 Å². The highest BCUT2D eigenvalue weighted by atomic mass is 32.2. The van der Waals surface area contributed by atoms with Crippen LogP contribution in [0.25, 0.3) is 22.4 Å². The number of nitrogens with zero attached hydrogens (tertiary/aromatic N) is 2. The summed E-state index contributed by atoms with van der Waals surface area (Å²) in [5, 5.41) is 9.71. The van der Waals surface area contributed by atoms with Gasteiger partial charge < -0.3 is 14.1 Å². The number of aliphatic carboxylic acids is 1. The number of hydrogen-bond donors (Lipinski definition) is 1. The Morgan fingerprint density at radius 2 is 1.94 bits per heavy atom. The normalized spacial score (nSPS) is 14.0. The monoisotopic (exact) mass is 472 g/mol. The lowest BCUT2D eigenvalue weighted by Gasteiger charge is -2.38. The summed E-state index contributed by atoms with van der Waals surface area (Å²) in [5.41, 5.74) is 8.91. The van der Waals surface area contributed by atoms with Crippen LogP contribution in [0.4, 0.5) is 5.69 Å². The highest BCUT2D eigenvalue weighted by Crippen LogP contribution is 2.51. The number of pyridine rings is 1. The highest BCUT2D eigenvalue weighted by Gasteiger charge is 2.33. The summed E-state index contributed by atoms with van der Waals surface area (Å²) < 4.78 is 8.03. The van der Waals surface area contributed by atoms with Crippen LogP contribution >= 0.6 is 11.9 Å². The van der Waals surface area contributed by atoms with Crippen LogP contribution in [-0.4, -0.2) is 28.9 Å². The molecule has 0 radical (unpaired) electrons. The number of rotatable bonds is 6. The fourth-order valence-electron chi connectivity index (χ4n) is 4.53. The van der Waals surface area contributed by atoms with E-state index >= 15 is 0 Å². The molecule has 34 heavy (non-hydrogen) atoms. The Morgan fingerprint density at radius 1 is 1.21 bits per heavy atom. The van der Waals surface area contributed by atoms with Crippen molar-refractivity contribution in [2.75, 3.05) is 17.2 Å². The van der Waals surface area contributed by atoms with Crippen LogP contribution in [0.15, 0.2) is 42.6 Å². The third-order valence-corrected chi connectivity index (χ3v) is 7.11. The largest absolute Gasteiger partial charge is 0.481 e. The summed E-state index contributed by atoms with van der Waals surface area (Å²) in [4.78, 5) is 16.6. The number of benzene rings is 2. The maximum absolute atomic E-state index is 11.8. The second-order valence-electron chi connectivity index (χ2n) is 8.37. The van der Waals surface area contributed by atoms with E-state index in [1.807, 2.05) is 26.2 Å². The zero-order valence-corrected chi connectivity index (χ0v) is 20.9. The summed E-state index contributed by atoms with van der Waals surface area (Å²) >= 11 is 1.63. The molecule has 0 amide bonds. The lowest BCUT2D eigenvalue weighted by Crippen LogP contribution is -2.26. The number of hydrogen-bond acceptors (Lipinski definition) is 5. The van der Waals surface area contributed by atoms with E-state index in [1.54, 1.807) is 25.1 Å². The molecule has 1 aliphatic rings. The van der Waals surface area contributed by atoms with Gasteiger partial charge >= 0.3 is 5.97 Å². The van der Waals surface area contributed by atoms with Gasteiger partial charge in [-0.05, 0) is 62.1 Å². The quantitative estimate of drug-likeness (QED) is 0.339. The van der Waals surface area contributed by atoms with Crippen LogP contribution < -0.4 is 9.04 Å². The van der Waals surface area contributed by atoms with Gasteiger partial charge in [-0.3, -0.25) is 9.78 Å². The van der Waals surface area contributed by atoms with E-state index in [4.69, 9.17) is 9.72 Å². The van der Waals surface area contributed by atoms with Crippen molar-refractivity contribution in [1.29, 1.82) is 0 Å². The molecule has 6 heteroatoms. The second-order valence-corrected chi connectivity index (χ2v) is 9.13. The molecule has 1 aromatic heterocycles. The van der Waals surface area contributed by atoms with Gasteiger partial charge in [-0.1, -0.05) is 47.7 Å². The fourth-order valence-corrected chi connectivity index (χ4v) is 5.37. The van der Waals surface area contributed by atoms with Crippen molar-refractivity contribution in [2.24, 2.45) is 0 Å². The first-order valence-electron chi connectivity index (χ1n) is 11.2. The standard InChI is InChI=1S/C28H28N2O3S/c1-6-7-12-33-21-13-23-19(4)30(34-5)28-18(3)22(15-26(31)32)24(14-25(28)27(23)29-16-21)20-10-8-17(2)9-11-20/h8-11,13-14,16,19H,12,15H2,1-5H3,(H,31,32)/t19-/m0/s1. The molecule has 3 aromatic rings. The Kier molecular flexibility index (Phi) is 6.85. The number of carboxylic acids is 1. The molecule has 174 valence electrons. The number of carbonyl (C=O) groups is 1. The zero-order valence-electron chi connectivity index (χ0n) is 20.1. The van der Waals surface area contributed by atoms with E-state index in [0.717, 1.165) is 50.3 Å². The first-order chi connectivity index (χ1) is 16.3. The molecule has 4 rings (SSSR count). The molecule has 0 unspecified atom stereocenters. The predicted molar refractivity (Wildman–Crippen MR) is 139 cm³/mol. The van der Waals surface area contributed by atoms with Crippen LogP contribution in [0, 0.1) is 25.7 Å². The van der Waals surface area contributed by atoms with Crippen molar-refractivity contribution in [3.05, 3.63) is 64.8 Å².